The minimum absolute atomic E-state index is 0.277. The number of aromatic nitrogens is 2. The molecule has 0 saturated heterocycles. The van der Waals surface area contributed by atoms with Crippen LogP contribution in [0.5, 0.6) is 0 Å². The quantitative estimate of drug-likeness (QED) is 0.916. The summed E-state index contributed by atoms with van der Waals surface area (Å²) in [6, 6.07) is 0.277. The smallest absolute Gasteiger partial charge is 0.0738 e. The molecule has 0 bridgehead atoms. The highest BCUT2D eigenvalue weighted by atomic mass is 79.9. The van der Waals surface area contributed by atoms with E-state index in [0.717, 1.165) is 16.6 Å². The fourth-order valence-corrected chi connectivity index (χ4v) is 2.64. The van der Waals surface area contributed by atoms with Crippen LogP contribution in [0.15, 0.2) is 4.47 Å². The van der Waals surface area contributed by atoms with Gasteiger partial charge in [-0.05, 0) is 54.5 Å². The van der Waals surface area contributed by atoms with Gasteiger partial charge in [0.25, 0.3) is 0 Å². The highest BCUT2D eigenvalue weighted by Gasteiger charge is 2.46. The molecule has 1 atom stereocenters. The summed E-state index contributed by atoms with van der Waals surface area (Å²) in [6.07, 6.45) is 3.55. The molecule has 15 heavy (non-hydrogen) atoms. The number of hydrogen-bond donors (Lipinski definition) is 1. The lowest BCUT2D eigenvalue weighted by molar-refractivity contribution is 0.406. The van der Waals surface area contributed by atoms with Gasteiger partial charge in [-0.3, -0.25) is 4.68 Å². The molecular weight excluding hydrogens is 254 g/mol. The molecule has 0 radical (unpaired) electrons. The Balaban J connectivity index is 2.25. The number of aryl methyl sites for hydroxylation is 2. The van der Waals surface area contributed by atoms with Crippen molar-refractivity contribution in [3.63, 3.8) is 0 Å². The Kier molecular flexibility index (Phi) is 2.67. The Morgan fingerprint density at radius 2 is 2.20 bits per heavy atom. The average molecular weight is 272 g/mol. The minimum atomic E-state index is 0.277. The van der Waals surface area contributed by atoms with Crippen molar-refractivity contribution in [1.29, 1.82) is 0 Å². The van der Waals surface area contributed by atoms with Crippen molar-refractivity contribution in [2.45, 2.75) is 39.2 Å². The summed E-state index contributed by atoms with van der Waals surface area (Å²) in [5.41, 5.74) is 8.72. The summed E-state index contributed by atoms with van der Waals surface area (Å²) >= 11 is 3.61. The van der Waals surface area contributed by atoms with Gasteiger partial charge in [0.15, 0.2) is 0 Å². The molecule has 84 valence electrons. The van der Waals surface area contributed by atoms with E-state index in [1.54, 1.807) is 0 Å². The van der Waals surface area contributed by atoms with Crippen molar-refractivity contribution in [3.8, 4) is 0 Å². The van der Waals surface area contributed by atoms with Crippen molar-refractivity contribution < 1.29 is 0 Å². The molecule has 1 unspecified atom stereocenters. The van der Waals surface area contributed by atoms with Gasteiger partial charge in [-0.2, -0.15) is 5.10 Å². The topological polar surface area (TPSA) is 43.8 Å². The van der Waals surface area contributed by atoms with Crippen LogP contribution in [0.3, 0.4) is 0 Å². The van der Waals surface area contributed by atoms with Crippen molar-refractivity contribution >= 4 is 15.9 Å². The average Bonchev–Trinajstić information content (AvgIpc) is 2.89. The van der Waals surface area contributed by atoms with Gasteiger partial charge in [0.05, 0.1) is 15.9 Å². The summed E-state index contributed by atoms with van der Waals surface area (Å²) in [4.78, 5) is 0. The minimum Gasteiger partial charge on any atom is -0.327 e. The van der Waals surface area contributed by atoms with E-state index in [9.17, 15) is 0 Å². The molecule has 1 fully saturated rings. The van der Waals surface area contributed by atoms with E-state index in [1.165, 1.54) is 18.5 Å². The standard InChI is InChI=1S/C11H18BrN3/c1-7-10(12)9(15(3)14-7)6-11(4-5-11)8(2)13/h8H,4-6,13H2,1-3H3. The maximum Gasteiger partial charge on any atom is 0.0738 e. The lowest BCUT2D eigenvalue weighted by atomic mass is 9.93. The summed E-state index contributed by atoms with van der Waals surface area (Å²) in [6.45, 7) is 4.14. The van der Waals surface area contributed by atoms with Crippen LogP contribution in [0.4, 0.5) is 0 Å². The second-order valence-corrected chi connectivity index (χ2v) is 5.59. The second kappa shape index (κ2) is 3.59. The van der Waals surface area contributed by atoms with E-state index in [0.29, 0.717) is 5.41 Å². The second-order valence-electron chi connectivity index (χ2n) is 4.80. The van der Waals surface area contributed by atoms with Gasteiger partial charge in [0.1, 0.15) is 0 Å². The number of halogens is 1. The SMILES string of the molecule is Cc1nn(C)c(CC2(C(C)N)CC2)c1Br. The van der Waals surface area contributed by atoms with Crippen LogP contribution in [0.2, 0.25) is 0 Å². The Morgan fingerprint density at radius 1 is 1.60 bits per heavy atom. The van der Waals surface area contributed by atoms with E-state index >= 15 is 0 Å². The Bertz CT molecular complexity index is 377. The van der Waals surface area contributed by atoms with E-state index < -0.39 is 0 Å². The van der Waals surface area contributed by atoms with Crippen LogP contribution in [0.1, 0.15) is 31.2 Å². The highest BCUT2D eigenvalue weighted by Crippen LogP contribution is 2.51. The van der Waals surface area contributed by atoms with Crippen molar-refractivity contribution in [1.82, 2.24) is 9.78 Å². The lowest BCUT2D eigenvalue weighted by Crippen LogP contribution is -2.30. The van der Waals surface area contributed by atoms with Crippen LogP contribution in [0.25, 0.3) is 0 Å². The predicted octanol–water partition coefficient (Wildman–Crippen LogP) is 2.16. The molecule has 1 saturated carbocycles. The third-order valence-electron chi connectivity index (χ3n) is 3.64. The number of rotatable bonds is 3. The monoisotopic (exact) mass is 271 g/mol. The molecule has 0 aliphatic heterocycles. The maximum atomic E-state index is 6.04. The maximum absolute atomic E-state index is 6.04. The van der Waals surface area contributed by atoms with E-state index in [2.05, 4.69) is 28.0 Å². The first-order valence-electron chi connectivity index (χ1n) is 5.40. The van der Waals surface area contributed by atoms with Crippen LogP contribution >= 0.6 is 15.9 Å². The molecule has 0 aromatic carbocycles. The molecule has 3 nitrogen and oxygen atoms in total. The summed E-state index contributed by atoms with van der Waals surface area (Å²) < 4.78 is 3.12. The predicted molar refractivity (Wildman–Crippen MR) is 64.7 cm³/mol. The molecule has 4 heteroatoms. The van der Waals surface area contributed by atoms with Gasteiger partial charge in [-0.25, -0.2) is 0 Å². The Labute approximate surface area is 99.2 Å². The van der Waals surface area contributed by atoms with Gasteiger partial charge in [0.2, 0.25) is 0 Å². The molecule has 1 aliphatic rings. The molecule has 0 spiro atoms. The number of nitrogens with two attached hydrogens (primary N) is 1. The molecular formula is C11H18BrN3. The van der Waals surface area contributed by atoms with Gasteiger partial charge in [-0.1, -0.05) is 0 Å². The van der Waals surface area contributed by atoms with Crippen molar-refractivity contribution in [3.05, 3.63) is 15.9 Å². The lowest BCUT2D eigenvalue weighted by Gasteiger charge is -2.19. The van der Waals surface area contributed by atoms with Crippen molar-refractivity contribution in [2.75, 3.05) is 0 Å². The fraction of sp³-hybridized carbons (Fsp3) is 0.727. The van der Waals surface area contributed by atoms with Crippen LogP contribution < -0.4 is 5.73 Å². The van der Waals surface area contributed by atoms with Crippen LogP contribution in [0, 0.1) is 12.3 Å². The van der Waals surface area contributed by atoms with E-state index in [4.69, 9.17) is 5.73 Å². The zero-order chi connectivity index (χ0) is 11.2. The fourth-order valence-electron chi connectivity index (χ4n) is 2.16. The van der Waals surface area contributed by atoms with E-state index in [-0.39, 0.29) is 6.04 Å². The van der Waals surface area contributed by atoms with Gasteiger partial charge in [0, 0.05) is 13.1 Å². The summed E-state index contributed by atoms with van der Waals surface area (Å²) in [5.74, 6) is 0. The summed E-state index contributed by atoms with van der Waals surface area (Å²) in [7, 11) is 2.00. The van der Waals surface area contributed by atoms with E-state index in [1.807, 2.05) is 18.7 Å². The zero-order valence-corrected chi connectivity index (χ0v) is 11.1. The Hall–Kier alpha value is -0.350. The highest BCUT2D eigenvalue weighted by molar-refractivity contribution is 9.10. The number of nitrogens with zero attached hydrogens (tertiary/aromatic N) is 2. The molecule has 2 N–H and O–H groups in total. The van der Waals surface area contributed by atoms with Crippen molar-refractivity contribution in [2.24, 2.45) is 18.2 Å². The normalized spacial score (nSPS) is 20.3. The first kappa shape index (κ1) is 11.1. The van der Waals surface area contributed by atoms with Gasteiger partial charge < -0.3 is 5.73 Å². The van der Waals surface area contributed by atoms with Gasteiger partial charge >= 0.3 is 0 Å². The first-order valence-corrected chi connectivity index (χ1v) is 6.19. The van der Waals surface area contributed by atoms with Crippen LogP contribution in [-0.4, -0.2) is 15.8 Å². The molecule has 0 amide bonds. The molecule has 1 heterocycles. The van der Waals surface area contributed by atoms with Crippen LogP contribution in [-0.2, 0) is 13.5 Å². The zero-order valence-electron chi connectivity index (χ0n) is 9.55. The third kappa shape index (κ3) is 1.85. The first-order chi connectivity index (χ1) is 6.96. The molecule has 2 rings (SSSR count). The molecule has 1 aliphatic carbocycles. The summed E-state index contributed by atoms with van der Waals surface area (Å²) in [5, 5.41) is 4.41. The largest absolute Gasteiger partial charge is 0.327 e. The number of hydrogen-bond acceptors (Lipinski definition) is 2. The Morgan fingerprint density at radius 3 is 2.53 bits per heavy atom. The van der Waals surface area contributed by atoms with Gasteiger partial charge in [-0.15, -0.1) is 0 Å². The molecule has 1 aromatic heterocycles. The third-order valence-corrected chi connectivity index (χ3v) is 4.67. The molecule has 1 aromatic rings.